The number of nitrogens with one attached hydrogen (secondary N) is 2. The van der Waals surface area contributed by atoms with Crippen molar-refractivity contribution in [2.75, 3.05) is 6.54 Å². The fourth-order valence-electron chi connectivity index (χ4n) is 3.53. The van der Waals surface area contributed by atoms with Crippen molar-refractivity contribution in [2.24, 2.45) is 5.92 Å². The normalized spacial score (nSPS) is 25.8. The number of nitrogens with zero attached hydrogens (tertiary/aromatic N) is 1. The minimum absolute atomic E-state index is 0.0446. The molecule has 0 aromatic heterocycles. The van der Waals surface area contributed by atoms with Crippen LogP contribution in [0.5, 0.6) is 0 Å². The summed E-state index contributed by atoms with van der Waals surface area (Å²) in [5.74, 6) is -0.296. The Morgan fingerprint density at radius 1 is 1.28 bits per heavy atom. The first kappa shape index (κ1) is 17.5. The minimum Gasteiger partial charge on any atom is -0.347 e. The van der Waals surface area contributed by atoms with Gasteiger partial charge in [0.1, 0.15) is 12.1 Å². The molecule has 2 heterocycles. The summed E-state index contributed by atoms with van der Waals surface area (Å²) in [4.78, 5) is 38.9. The summed E-state index contributed by atoms with van der Waals surface area (Å²) in [6.07, 6.45) is 1.39. The summed E-state index contributed by atoms with van der Waals surface area (Å²) in [6.45, 7) is 6.28. The first-order chi connectivity index (χ1) is 11.9. The van der Waals surface area contributed by atoms with Crippen molar-refractivity contribution in [1.29, 1.82) is 0 Å². The van der Waals surface area contributed by atoms with Crippen LogP contribution in [-0.4, -0.2) is 47.3 Å². The Balaban J connectivity index is 1.66. The predicted octanol–water partition coefficient (Wildman–Crippen LogP) is 1.10. The molecule has 0 unspecified atom stereocenters. The first-order valence-electron chi connectivity index (χ1n) is 8.91. The van der Waals surface area contributed by atoms with Crippen LogP contribution in [0.2, 0.25) is 0 Å². The third-order valence-corrected chi connectivity index (χ3v) is 5.08. The average molecular weight is 343 g/mol. The van der Waals surface area contributed by atoms with Crippen molar-refractivity contribution in [1.82, 2.24) is 15.5 Å². The van der Waals surface area contributed by atoms with Crippen LogP contribution in [0.15, 0.2) is 24.3 Å². The number of aryl methyl sites for hydroxylation is 1. The van der Waals surface area contributed by atoms with Gasteiger partial charge in [0.05, 0.1) is 0 Å². The number of carbonyl (C=O) groups excluding carboxylic acids is 3. The number of piperazine rings is 1. The molecular formula is C19H25N3O3. The largest absolute Gasteiger partial charge is 0.347 e. The van der Waals surface area contributed by atoms with E-state index < -0.39 is 12.1 Å². The molecule has 0 spiro atoms. The van der Waals surface area contributed by atoms with Crippen molar-refractivity contribution < 1.29 is 14.4 Å². The van der Waals surface area contributed by atoms with Crippen LogP contribution < -0.4 is 10.6 Å². The molecule has 0 radical (unpaired) electrons. The van der Waals surface area contributed by atoms with Crippen LogP contribution in [0.1, 0.15) is 43.1 Å². The number of rotatable bonds is 4. The maximum Gasteiger partial charge on any atom is 0.251 e. The van der Waals surface area contributed by atoms with Gasteiger partial charge in [-0.1, -0.05) is 32.9 Å². The molecule has 6 heteroatoms. The molecule has 3 rings (SSSR count). The molecule has 2 aliphatic rings. The molecule has 0 aliphatic carbocycles. The third-order valence-electron chi connectivity index (χ3n) is 5.08. The van der Waals surface area contributed by atoms with E-state index >= 15 is 0 Å². The molecule has 1 aromatic carbocycles. The molecule has 3 amide bonds. The molecule has 2 saturated heterocycles. The van der Waals surface area contributed by atoms with Crippen LogP contribution in [0, 0.1) is 5.92 Å². The fraction of sp³-hybridized carbons (Fsp3) is 0.526. The van der Waals surface area contributed by atoms with Gasteiger partial charge in [0.2, 0.25) is 11.8 Å². The van der Waals surface area contributed by atoms with Crippen LogP contribution in [-0.2, 0) is 16.0 Å². The minimum atomic E-state index is -0.477. The van der Waals surface area contributed by atoms with E-state index in [1.54, 1.807) is 4.90 Å². The smallest absolute Gasteiger partial charge is 0.251 e. The predicted molar refractivity (Wildman–Crippen MR) is 94.0 cm³/mol. The molecule has 0 bridgehead atoms. The quantitative estimate of drug-likeness (QED) is 0.859. The van der Waals surface area contributed by atoms with E-state index in [1.165, 1.54) is 5.56 Å². The van der Waals surface area contributed by atoms with E-state index in [9.17, 15) is 14.4 Å². The number of hydrogen-bond donors (Lipinski definition) is 2. The first-order valence-corrected chi connectivity index (χ1v) is 8.91. The van der Waals surface area contributed by atoms with Gasteiger partial charge in [0.25, 0.3) is 5.91 Å². The molecule has 2 fully saturated rings. The molecule has 2 aliphatic heterocycles. The van der Waals surface area contributed by atoms with E-state index in [0.717, 1.165) is 6.42 Å². The molecule has 0 saturated carbocycles. The maximum atomic E-state index is 12.6. The zero-order valence-electron chi connectivity index (χ0n) is 14.9. The highest BCUT2D eigenvalue weighted by Gasteiger charge is 2.47. The summed E-state index contributed by atoms with van der Waals surface area (Å²) in [6, 6.07) is 6.35. The zero-order chi connectivity index (χ0) is 18.1. The Labute approximate surface area is 148 Å². The molecule has 6 nitrogen and oxygen atoms in total. The number of hydrogen-bond acceptors (Lipinski definition) is 3. The van der Waals surface area contributed by atoms with Crippen molar-refractivity contribution >= 4 is 17.7 Å². The average Bonchev–Trinajstić information content (AvgIpc) is 3.02. The molecule has 134 valence electrons. The Morgan fingerprint density at radius 3 is 2.56 bits per heavy atom. The summed E-state index contributed by atoms with van der Waals surface area (Å²) >= 11 is 0. The molecule has 1 aromatic rings. The van der Waals surface area contributed by atoms with Gasteiger partial charge in [-0.15, -0.1) is 0 Å². The highest BCUT2D eigenvalue weighted by Crippen LogP contribution is 2.25. The molecule has 25 heavy (non-hydrogen) atoms. The standard InChI is InChI=1S/C19H25N3O3/c1-4-12-5-7-13(8-6-12)17(23)20-14-9-15-18(24)21-16(11(2)3)19(25)22(15)10-14/h5-8,11,14-16H,4,9-10H2,1-3H3,(H,20,23)(H,21,24)/t14-,15-,16+/m0/s1. The SMILES string of the molecule is CCc1ccc(C(=O)N[C@H]2C[C@H]3C(=O)N[C@H](C(C)C)C(=O)N3C2)cc1. The molecular weight excluding hydrogens is 318 g/mol. The van der Waals surface area contributed by atoms with Gasteiger partial charge in [0.15, 0.2) is 0 Å². The highest BCUT2D eigenvalue weighted by molar-refractivity contribution is 5.98. The van der Waals surface area contributed by atoms with Crippen LogP contribution >= 0.6 is 0 Å². The Bertz CT molecular complexity index is 684. The van der Waals surface area contributed by atoms with Crippen LogP contribution in [0.25, 0.3) is 0 Å². The van der Waals surface area contributed by atoms with E-state index in [1.807, 2.05) is 38.1 Å². The summed E-state index contributed by atoms with van der Waals surface area (Å²) in [7, 11) is 0. The second kappa shape index (κ2) is 6.86. The lowest BCUT2D eigenvalue weighted by Crippen LogP contribution is -2.62. The van der Waals surface area contributed by atoms with Gasteiger partial charge in [-0.2, -0.15) is 0 Å². The Morgan fingerprint density at radius 2 is 1.96 bits per heavy atom. The van der Waals surface area contributed by atoms with Crippen LogP contribution in [0.3, 0.4) is 0 Å². The van der Waals surface area contributed by atoms with E-state index in [2.05, 4.69) is 17.6 Å². The lowest BCUT2D eigenvalue weighted by atomic mass is 9.98. The van der Waals surface area contributed by atoms with Gasteiger partial charge in [-0.25, -0.2) is 0 Å². The molecule has 3 atom stereocenters. The van der Waals surface area contributed by atoms with E-state index in [4.69, 9.17) is 0 Å². The topological polar surface area (TPSA) is 78.5 Å². The fourth-order valence-corrected chi connectivity index (χ4v) is 3.53. The van der Waals surface area contributed by atoms with E-state index in [0.29, 0.717) is 18.5 Å². The van der Waals surface area contributed by atoms with Gasteiger partial charge in [0, 0.05) is 18.2 Å². The van der Waals surface area contributed by atoms with Gasteiger partial charge < -0.3 is 15.5 Å². The summed E-state index contributed by atoms with van der Waals surface area (Å²) in [5, 5.41) is 5.77. The van der Waals surface area contributed by atoms with Crippen molar-refractivity contribution in [3.63, 3.8) is 0 Å². The zero-order valence-corrected chi connectivity index (χ0v) is 14.9. The number of benzene rings is 1. The lowest BCUT2D eigenvalue weighted by Gasteiger charge is -2.36. The van der Waals surface area contributed by atoms with Crippen molar-refractivity contribution in [3.8, 4) is 0 Å². The van der Waals surface area contributed by atoms with E-state index in [-0.39, 0.29) is 29.7 Å². The van der Waals surface area contributed by atoms with Crippen molar-refractivity contribution in [3.05, 3.63) is 35.4 Å². The maximum absolute atomic E-state index is 12.6. The van der Waals surface area contributed by atoms with Crippen LogP contribution in [0.4, 0.5) is 0 Å². The lowest BCUT2D eigenvalue weighted by molar-refractivity contribution is -0.148. The van der Waals surface area contributed by atoms with Gasteiger partial charge >= 0.3 is 0 Å². The Hall–Kier alpha value is -2.37. The summed E-state index contributed by atoms with van der Waals surface area (Å²) in [5.41, 5.74) is 1.77. The highest BCUT2D eigenvalue weighted by atomic mass is 16.2. The second-order valence-corrected chi connectivity index (χ2v) is 7.19. The number of amides is 3. The van der Waals surface area contributed by atoms with Gasteiger partial charge in [-0.05, 0) is 36.5 Å². The Kier molecular flexibility index (Phi) is 4.79. The molecule has 2 N–H and O–H groups in total. The number of carbonyl (C=O) groups is 3. The number of fused-ring (bicyclic) bond motifs is 1. The summed E-state index contributed by atoms with van der Waals surface area (Å²) < 4.78 is 0. The van der Waals surface area contributed by atoms with Gasteiger partial charge in [-0.3, -0.25) is 14.4 Å². The monoisotopic (exact) mass is 343 g/mol. The third kappa shape index (κ3) is 3.38. The van der Waals surface area contributed by atoms with Crippen molar-refractivity contribution in [2.45, 2.75) is 51.7 Å². The second-order valence-electron chi connectivity index (χ2n) is 7.19.